The normalized spacial score (nSPS) is 13.9. The van der Waals surface area contributed by atoms with Gasteiger partial charge in [-0.1, -0.05) is 133 Å². The minimum absolute atomic E-state index is 0. The second kappa shape index (κ2) is 32.3. The van der Waals surface area contributed by atoms with Crippen LogP contribution in [0.15, 0.2) is 78.9 Å². The lowest BCUT2D eigenvalue weighted by molar-refractivity contribution is 0.131. The summed E-state index contributed by atoms with van der Waals surface area (Å²) in [5.74, 6) is 3.15. The number of nitrogens with zero attached hydrogens (tertiary/aromatic N) is 6. The Kier molecular flexibility index (Phi) is 32.6. The van der Waals surface area contributed by atoms with E-state index < -0.39 is 0 Å². The fourth-order valence-electron chi connectivity index (χ4n) is 4.80. The molecule has 2 aliphatic rings. The molecule has 0 aliphatic carbocycles. The van der Waals surface area contributed by atoms with Crippen molar-refractivity contribution in [3.8, 4) is 5.75 Å². The maximum atomic E-state index is 8.13. The number of aliphatic imine (C=N–C) groups is 3. The third-order valence-electron chi connectivity index (χ3n) is 8.86. The van der Waals surface area contributed by atoms with Crippen molar-refractivity contribution in [2.24, 2.45) is 80.7 Å². The van der Waals surface area contributed by atoms with Crippen molar-refractivity contribution in [3.63, 3.8) is 0 Å². The lowest BCUT2D eigenvalue weighted by Gasteiger charge is -2.21. The number of hydrogen-bond acceptors (Lipinski definition) is 12. The van der Waals surface area contributed by atoms with Crippen LogP contribution in [0, 0.1) is 32.5 Å². The number of benzene rings is 2. The Bertz CT molecular complexity index is 2040. The molecular weight excluding hydrogens is 903 g/mol. The number of ether oxygens (including phenoxy) is 1. The minimum Gasteiger partial charge on any atom is -0.488 e. The molecule has 4 rings (SSSR count). The number of nitrogens with two attached hydrogens (primary N) is 5. The van der Waals surface area contributed by atoms with Crippen LogP contribution in [0.2, 0.25) is 0 Å². The second-order valence-electron chi connectivity index (χ2n) is 24.5. The summed E-state index contributed by atoms with van der Waals surface area (Å²) in [6.07, 6.45) is 4.13. The Morgan fingerprint density at radius 1 is 0.681 bits per heavy atom. The van der Waals surface area contributed by atoms with Gasteiger partial charge < -0.3 is 55.5 Å². The predicted molar refractivity (Wildman–Crippen MR) is 315 cm³/mol. The maximum Gasteiger partial charge on any atom is 0.186 e. The minimum atomic E-state index is -0.214. The van der Waals surface area contributed by atoms with E-state index >= 15 is 0 Å². The summed E-state index contributed by atoms with van der Waals surface area (Å²) in [4.78, 5) is 12.7. The third-order valence-corrected chi connectivity index (χ3v) is 8.86. The number of rotatable bonds is 4. The van der Waals surface area contributed by atoms with Crippen LogP contribution >= 0.6 is 0 Å². The van der Waals surface area contributed by atoms with Crippen molar-refractivity contribution in [1.82, 2.24) is 11.5 Å². The van der Waals surface area contributed by atoms with Gasteiger partial charge in [-0.15, -0.1) is 5.10 Å². The van der Waals surface area contributed by atoms with Crippen molar-refractivity contribution in [1.29, 1.82) is 10.8 Å². The molecule has 0 fully saturated rings. The van der Waals surface area contributed by atoms with Crippen LogP contribution in [0.4, 0.5) is 0 Å². The molecule has 72 heavy (non-hydrogen) atoms. The highest BCUT2D eigenvalue weighted by molar-refractivity contribution is 6.01. The first-order valence-corrected chi connectivity index (χ1v) is 24.4. The van der Waals surface area contributed by atoms with Gasteiger partial charge in [0.2, 0.25) is 0 Å². The molecule has 0 unspecified atom stereocenters. The second-order valence-corrected chi connectivity index (χ2v) is 24.5. The average Bonchev–Trinajstić information content (AvgIpc) is 3.93. The van der Waals surface area contributed by atoms with Gasteiger partial charge in [0, 0.05) is 47.0 Å². The third kappa shape index (κ3) is 40.8. The predicted octanol–water partition coefficient (Wildman–Crippen LogP) is 11.2. The first-order chi connectivity index (χ1) is 31.8. The van der Waals surface area contributed by atoms with Crippen LogP contribution in [0.25, 0.3) is 0 Å². The monoisotopic (exact) mass is 1010 g/mol. The molecule has 0 amide bonds. The summed E-state index contributed by atoms with van der Waals surface area (Å²) in [5, 5.41) is 36.1. The van der Waals surface area contributed by atoms with E-state index in [9.17, 15) is 0 Å². The molecule has 17 N–H and O–H groups in total. The van der Waals surface area contributed by atoms with Gasteiger partial charge in [-0.25, -0.2) is 4.99 Å². The zero-order chi connectivity index (χ0) is 56.4. The Morgan fingerprint density at radius 3 is 1.40 bits per heavy atom. The molecule has 2 aromatic carbocycles. The number of nitrogens with one attached hydrogen (secondary N) is 3. The van der Waals surface area contributed by atoms with Crippen LogP contribution < -0.4 is 44.9 Å². The molecule has 0 saturated heterocycles. The van der Waals surface area contributed by atoms with E-state index in [1.165, 1.54) is 23.3 Å². The molecule has 0 aromatic heterocycles. The van der Waals surface area contributed by atoms with E-state index in [1.54, 1.807) is 20.1 Å². The quantitative estimate of drug-likeness (QED) is 0.0601. The summed E-state index contributed by atoms with van der Waals surface area (Å²) in [6, 6.07) is 16.5. The van der Waals surface area contributed by atoms with Crippen molar-refractivity contribution in [2.75, 3.05) is 19.6 Å². The molecule has 17 heteroatoms. The Balaban J connectivity index is -0.000000381. The largest absolute Gasteiger partial charge is 0.488 e. The van der Waals surface area contributed by atoms with Gasteiger partial charge in [0.25, 0.3) is 0 Å². The highest BCUT2D eigenvalue weighted by atomic mass is 16.5. The molecule has 0 radical (unpaired) electrons. The number of guanidine groups is 1. The molecule has 2 aliphatic heterocycles. The van der Waals surface area contributed by atoms with Crippen LogP contribution in [-0.4, -0.2) is 82.9 Å². The van der Waals surface area contributed by atoms with Gasteiger partial charge in [0.1, 0.15) is 28.9 Å². The highest BCUT2D eigenvalue weighted by Gasteiger charge is 2.21. The molecule has 412 valence electrons. The van der Waals surface area contributed by atoms with Crippen molar-refractivity contribution in [2.45, 2.75) is 189 Å². The fourth-order valence-corrected chi connectivity index (χ4v) is 4.80. The summed E-state index contributed by atoms with van der Waals surface area (Å²) in [6.45, 7) is 49.1. The first kappa shape index (κ1) is 72.7. The smallest absolute Gasteiger partial charge is 0.186 e. The number of amidine groups is 4. The van der Waals surface area contributed by atoms with E-state index in [0.717, 1.165) is 43.2 Å². The SMILES string of the molecule is C/C(N)=N/N=C/C(C)(C)C.CC(=N)c1ccc(OC(C)(C)C)cc1.CC(C)(C)C(=N)N.CC(C)(C)C(N)=NO.CC(C)(C)C1=NCCN1.CC(C)(C)N=C(N)N.CC(C)(C)c1ccc(C2=NCCC2)cc1.N. The summed E-state index contributed by atoms with van der Waals surface area (Å²) in [7, 11) is 0. The highest BCUT2D eigenvalue weighted by Crippen LogP contribution is 2.24. The van der Waals surface area contributed by atoms with E-state index in [2.05, 4.69) is 122 Å². The van der Waals surface area contributed by atoms with Crippen LogP contribution in [0.1, 0.15) is 189 Å². The van der Waals surface area contributed by atoms with Crippen LogP contribution in [0.3, 0.4) is 0 Å². The van der Waals surface area contributed by atoms with Gasteiger partial charge in [-0.3, -0.25) is 15.4 Å². The molecule has 0 bridgehead atoms. The topological polar surface area (TPSA) is 328 Å². The van der Waals surface area contributed by atoms with E-state index in [1.807, 2.05) is 107 Å². The molecule has 17 nitrogen and oxygen atoms in total. The van der Waals surface area contributed by atoms with Gasteiger partial charge in [0.15, 0.2) is 5.96 Å². The molecule has 0 spiro atoms. The van der Waals surface area contributed by atoms with Gasteiger partial charge in [-0.2, -0.15) is 5.10 Å². The number of hydrogen-bond donors (Lipinski definition) is 10. The summed E-state index contributed by atoms with van der Waals surface area (Å²) in [5.41, 5.74) is 31.3. The van der Waals surface area contributed by atoms with Crippen molar-refractivity contribution < 1.29 is 9.94 Å². The van der Waals surface area contributed by atoms with Gasteiger partial charge >= 0.3 is 0 Å². The molecule has 0 atom stereocenters. The zero-order valence-corrected chi connectivity index (χ0v) is 49.4. The van der Waals surface area contributed by atoms with Gasteiger partial charge in [0.05, 0.1) is 17.9 Å². The van der Waals surface area contributed by atoms with Crippen molar-refractivity contribution >= 4 is 46.9 Å². The maximum absolute atomic E-state index is 8.13. The molecule has 0 saturated carbocycles. The van der Waals surface area contributed by atoms with Crippen LogP contribution in [-0.2, 0) is 5.41 Å². The van der Waals surface area contributed by atoms with Crippen LogP contribution in [0.5, 0.6) is 5.75 Å². The Labute approximate surface area is 437 Å². The average molecular weight is 1010 g/mol. The fraction of sp³-hybridized carbons (Fsp3) is 0.636. The lowest BCUT2D eigenvalue weighted by Crippen LogP contribution is -2.31. The van der Waals surface area contributed by atoms with Crippen molar-refractivity contribution in [3.05, 3.63) is 65.2 Å². The summed E-state index contributed by atoms with van der Waals surface area (Å²) < 4.78 is 5.67. The molecule has 2 aromatic rings. The van der Waals surface area contributed by atoms with E-state index in [0.29, 0.717) is 11.5 Å². The zero-order valence-electron chi connectivity index (χ0n) is 49.4. The first-order valence-electron chi connectivity index (χ1n) is 24.4. The number of oxime groups is 1. The van der Waals surface area contributed by atoms with E-state index in [4.69, 9.17) is 49.4 Å². The Hall–Kier alpha value is -5.84. The van der Waals surface area contributed by atoms with Gasteiger partial charge in [-0.05, 0) is 120 Å². The lowest BCUT2D eigenvalue weighted by atomic mass is 9.86. The molecular formula is C55H105N15O2. The Morgan fingerprint density at radius 2 is 1.17 bits per heavy atom. The standard InChI is InChI=1S/C14H19N.C12H17NO.C7H15N3.C7H14N2.C5H13N3.C5H12N2O.C5H12N2.H3N/c1-14(2,3)12-8-6-11(7-9-12)13-5-4-10-15-13;1-9(13)10-5-7-11(8-6-10)14-12(2,3)4;1-6(8)10-9-5-7(2,3)4;1-7(2,3)6-8-4-5-9-6;1-5(2,3)8-4(6)7;1-5(2,3)4(6)7-8;1-5(2,3)4(6)7;/h6-9H,4-5,10H2,1-3H3;5-8,13H,1-4H3;5H,1-4H3,(H2,8,10);4-5H2,1-3H3,(H,8,9);1-3H3,(H4,6,7,8);8H,1-3H3,(H2,6,7);1-3H3,(H3,6,7);1H3/b;;9-5+;;;;;. The van der Waals surface area contributed by atoms with E-state index in [-0.39, 0.29) is 62.0 Å². The summed E-state index contributed by atoms with van der Waals surface area (Å²) >= 11 is 0. The molecule has 2 heterocycles.